The van der Waals surface area contributed by atoms with Crippen molar-refractivity contribution in [1.82, 2.24) is 5.32 Å². The third-order valence-electron chi connectivity index (χ3n) is 3.71. The lowest BCUT2D eigenvalue weighted by molar-refractivity contribution is -0.140. The number of carbonyl (C=O) groups is 3. The van der Waals surface area contributed by atoms with Crippen LogP contribution in [0.5, 0.6) is 0 Å². The summed E-state index contributed by atoms with van der Waals surface area (Å²) in [5.74, 6) is -1.70. The smallest absolute Gasteiger partial charge is 0.326 e. The minimum absolute atomic E-state index is 0.0262. The van der Waals surface area contributed by atoms with Gasteiger partial charge >= 0.3 is 5.97 Å². The van der Waals surface area contributed by atoms with Crippen LogP contribution in [0.1, 0.15) is 42.6 Å². The van der Waals surface area contributed by atoms with Gasteiger partial charge in [-0.25, -0.2) is 4.79 Å². The number of benzene rings is 1. The summed E-state index contributed by atoms with van der Waals surface area (Å²) >= 11 is 0. The maximum Gasteiger partial charge on any atom is 0.326 e. The van der Waals surface area contributed by atoms with Gasteiger partial charge in [0.2, 0.25) is 5.91 Å². The Hall–Kier alpha value is -2.37. The van der Waals surface area contributed by atoms with E-state index in [1.54, 1.807) is 32.0 Å². The maximum absolute atomic E-state index is 12.2. The predicted octanol–water partition coefficient (Wildman–Crippen LogP) is 1.80. The number of nitrogens with one attached hydrogen (secondary N) is 2. The molecule has 6 heteroatoms. The molecule has 0 radical (unpaired) electrons. The third-order valence-corrected chi connectivity index (χ3v) is 3.71. The maximum atomic E-state index is 12.2. The first-order valence-corrected chi connectivity index (χ1v) is 7.35. The van der Waals surface area contributed by atoms with E-state index in [1.807, 2.05) is 0 Å². The van der Waals surface area contributed by atoms with Crippen molar-refractivity contribution in [2.24, 2.45) is 5.92 Å². The molecule has 1 aliphatic rings. The Labute approximate surface area is 128 Å². The molecule has 1 unspecified atom stereocenters. The molecule has 1 aromatic carbocycles. The number of hydrogen-bond acceptors (Lipinski definition) is 3. The first-order valence-electron chi connectivity index (χ1n) is 7.35. The molecule has 22 heavy (non-hydrogen) atoms. The second kappa shape index (κ2) is 6.60. The third kappa shape index (κ3) is 3.63. The van der Waals surface area contributed by atoms with Crippen molar-refractivity contribution in [1.29, 1.82) is 0 Å². The largest absolute Gasteiger partial charge is 0.480 e. The molecule has 1 aromatic rings. The highest BCUT2D eigenvalue weighted by Crippen LogP contribution is 2.23. The van der Waals surface area contributed by atoms with Crippen LogP contribution in [0.25, 0.3) is 0 Å². The van der Waals surface area contributed by atoms with E-state index >= 15 is 0 Å². The van der Waals surface area contributed by atoms with Crippen molar-refractivity contribution in [3.8, 4) is 0 Å². The van der Waals surface area contributed by atoms with E-state index in [9.17, 15) is 14.4 Å². The summed E-state index contributed by atoms with van der Waals surface area (Å²) in [5, 5.41) is 14.5. The summed E-state index contributed by atoms with van der Waals surface area (Å²) in [6.07, 6.45) is 1.90. The number of hydrogen-bond donors (Lipinski definition) is 3. The number of carboxylic acid groups (broad SMARTS) is 1. The van der Waals surface area contributed by atoms with Crippen LogP contribution in [0.4, 0.5) is 5.69 Å². The van der Waals surface area contributed by atoms with Crippen molar-refractivity contribution in [3.05, 3.63) is 29.3 Å². The van der Waals surface area contributed by atoms with Crippen LogP contribution in [0.3, 0.4) is 0 Å². The average molecular weight is 304 g/mol. The average Bonchev–Trinajstić information content (AvgIpc) is 2.63. The number of fused-ring (bicyclic) bond motifs is 1. The molecule has 0 spiro atoms. The Morgan fingerprint density at radius 2 is 2.00 bits per heavy atom. The molecule has 6 nitrogen and oxygen atoms in total. The molecule has 0 aliphatic carbocycles. The molecule has 0 saturated carbocycles. The van der Waals surface area contributed by atoms with Gasteiger partial charge in [0.15, 0.2) is 0 Å². The Bertz CT molecular complexity index is 610. The topological polar surface area (TPSA) is 95.5 Å². The van der Waals surface area contributed by atoms with E-state index in [4.69, 9.17) is 5.11 Å². The highest BCUT2D eigenvalue weighted by molar-refractivity contribution is 5.98. The van der Waals surface area contributed by atoms with Gasteiger partial charge in [0.1, 0.15) is 6.04 Å². The molecule has 1 aliphatic heterocycles. The molecular formula is C16H20N2O4. The van der Waals surface area contributed by atoms with Crippen molar-refractivity contribution in [3.63, 3.8) is 0 Å². The van der Waals surface area contributed by atoms with Crippen LogP contribution in [0, 0.1) is 5.92 Å². The molecular weight excluding hydrogens is 284 g/mol. The minimum atomic E-state index is -1.05. The Morgan fingerprint density at radius 3 is 2.64 bits per heavy atom. The molecule has 0 fully saturated rings. The monoisotopic (exact) mass is 304 g/mol. The van der Waals surface area contributed by atoms with Crippen LogP contribution in [0.15, 0.2) is 18.2 Å². The standard InChI is InChI=1S/C16H20N2O4/c1-9(2)14(16(21)22)18-15(20)11-6-7-12-10(8-11)4-3-5-13(19)17-12/h6-9,14H,3-5H2,1-2H3,(H,17,19)(H,18,20)(H,21,22). The van der Waals surface area contributed by atoms with E-state index < -0.39 is 17.9 Å². The fourth-order valence-electron chi connectivity index (χ4n) is 2.45. The van der Waals surface area contributed by atoms with Gasteiger partial charge in [-0.1, -0.05) is 13.8 Å². The van der Waals surface area contributed by atoms with Crippen LogP contribution >= 0.6 is 0 Å². The first kappa shape index (κ1) is 16.0. The summed E-state index contributed by atoms with van der Waals surface area (Å²) in [6, 6.07) is 4.08. The lowest BCUT2D eigenvalue weighted by Crippen LogP contribution is -2.44. The van der Waals surface area contributed by atoms with E-state index in [0.717, 1.165) is 17.7 Å². The molecule has 118 valence electrons. The van der Waals surface area contributed by atoms with Gasteiger partial charge in [-0.2, -0.15) is 0 Å². The molecule has 2 amide bonds. The summed E-state index contributed by atoms with van der Waals surface area (Å²) in [4.78, 5) is 34.9. The number of carbonyl (C=O) groups excluding carboxylic acids is 2. The highest BCUT2D eigenvalue weighted by atomic mass is 16.4. The molecule has 2 rings (SSSR count). The Balaban J connectivity index is 2.19. The number of carboxylic acids is 1. The molecule has 1 heterocycles. The zero-order chi connectivity index (χ0) is 16.3. The number of amides is 2. The van der Waals surface area contributed by atoms with Crippen molar-refractivity contribution >= 4 is 23.5 Å². The number of anilines is 1. The van der Waals surface area contributed by atoms with Crippen LogP contribution in [0.2, 0.25) is 0 Å². The van der Waals surface area contributed by atoms with Gasteiger partial charge in [-0.3, -0.25) is 9.59 Å². The zero-order valence-corrected chi connectivity index (χ0v) is 12.7. The van der Waals surface area contributed by atoms with Crippen LogP contribution < -0.4 is 10.6 Å². The quantitative estimate of drug-likeness (QED) is 0.790. The van der Waals surface area contributed by atoms with Gasteiger partial charge in [0, 0.05) is 17.7 Å². The van der Waals surface area contributed by atoms with Crippen LogP contribution in [-0.2, 0) is 16.0 Å². The van der Waals surface area contributed by atoms with Gasteiger partial charge in [-0.15, -0.1) is 0 Å². The van der Waals surface area contributed by atoms with Crippen molar-refractivity contribution < 1.29 is 19.5 Å². The summed E-state index contributed by atoms with van der Waals surface area (Å²) in [5.41, 5.74) is 2.02. The SMILES string of the molecule is CC(C)C(NC(=O)c1ccc2c(c1)CCCC(=O)N2)C(=O)O. The van der Waals surface area contributed by atoms with Crippen LogP contribution in [-0.4, -0.2) is 28.9 Å². The van der Waals surface area contributed by atoms with Gasteiger partial charge in [-0.05, 0) is 42.5 Å². The van der Waals surface area contributed by atoms with E-state index in [1.165, 1.54) is 0 Å². The normalized spacial score (nSPS) is 15.5. The number of rotatable bonds is 4. The fraction of sp³-hybridized carbons (Fsp3) is 0.438. The molecule has 3 N–H and O–H groups in total. The van der Waals surface area contributed by atoms with Crippen molar-refractivity contribution in [2.45, 2.75) is 39.2 Å². The van der Waals surface area contributed by atoms with E-state index in [0.29, 0.717) is 18.4 Å². The molecule has 0 saturated heterocycles. The lowest BCUT2D eigenvalue weighted by atomic mass is 10.0. The Morgan fingerprint density at radius 1 is 1.27 bits per heavy atom. The summed E-state index contributed by atoms with van der Waals surface area (Å²) < 4.78 is 0. The van der Waals surface area contributed by atoms with E-state index in [-0.39, 0.29) is 11.8 Å². The number of aryl methyl sites for hydroxylation is 1. The summed E-state index contributed by atoms with van der Waals surface area (Å²) in [6.45, 7) is 3.48. The van der Waals surface area contributed by atoms with Gasteiger partial charge in [0.05, 0.1) is 0 Å². The first-order chi connectivity index (χ1) is 10.4. The fourth-order valence-corrected chi connectivity index (χ4v) is 2.45. The summed E-state index contributed by atoms with van der Waals surface area (Å²) in [7, 11) is 0. The molecule has 0 aromatic heterocycles. The molecule has 0 bridgehead atoms. The predicted molar refractivity (Wildman–Crippen MR) is 81.7 cm³/mol. The number of aliphatic carboxylic acids is 1. The second-order valence-electron chi connectivity index (χ2n) is 5.81. The second-order valence-corrected chi connectivity index (χ2v) is 5.81. The van der Waals surface area contributed by atoms with E-state index in [2.05, 4.69) is 10.6 Å². The van der Waals surface area contributed by atoms with Gasteiger partial charge in [0.25, 0.3) is 5.91 Å². The highest BCUT2D eigenvalue weighted by Gasteiger charge is 2.24. The molecule has 1 atom stereocenters. The lowest BCUT2D eigenvalue weighted by Gasteiger charge is -2.18. The Kier molecular flexibility index (Phi) is 4.80. The zero-order valence-electron chi connectivity index (χ0n) is 12.7. The van der Waals surface area contributed by atoms with Gasteiger partial charge < -0.3 is 15.7 Å². The van der Waals surface area contributed by atoms with Crippen molar-refractivity contribution in [2.75, 3.05) is 5.32 Å². The minimum Gasteiger partial charge on any atom is -0.480 e.